The summed E-state index contributed by atoms with van der Waals surface area (Å²) in [5.41, 5.74) is 7.71. The van der Waals surface area contributed by atoms with Crippen molar-refractivity contribution in [2.45, 2.75) is 19.8 Å². The molecule has 4 aromatic rings. The number of hydrogen-bond donors (Lipinski definition) is 1. The van der Waals surface area contributed by atoms with Crippen LogP contribution in [0.2, 0.25) is 0 Å². The maximum Gasteiger partial charge on any atom is 0.272 e. The fourth-order valence-electron chi connectivity index (χ4n) is 3.22. The first-order chi connectivity index (χ1) is 14.2. The Bertz CT molecular complexity index is 1150. The summed E-state index contributed by atoms with van der Waals surface area (Å²) in [7, 11) is 0. The number of amides is 1. The van der Waals surface area contributed by atoms with Crippen molar-refractivity contribution in [3.63, 3.8) is 0 Å². The lowest BCUT2D eigenvalue weighted by atomic mass is 10.0. The van der Waals surface area contributed by atoms with Gasteiger partial charge in [-0.1, -0.05) is 55.8 Å². The number of benzene rings is 2. The van der Waals surface area contributed by atoms with Crippen LogP contribution in [0.4, 0.5) is 0 Å². The van der Waals surface area contributed by atoms with Crippen LogP contribution in [0.3, 0.4) is 0 Å². The van der Waals surface area contributed by atoms with Crippen LogP contribution in [0.5, 0.6) is 0 Å². The number of furan rings is 1. The molecular weight excluding hydrogens is 362 g/mol. The number of carbonyl (C=O) groups is 1. The van der Waals surface area contributed by atoms with Crippen LogP contribution in [-0.4, -0.2) is 17.1 Å². The van der Waals surface area contributed by atoms with Gasteiger partial charge in [0, 0.05) is 16.5 Å². The molecule has 2 heterocycles. The molecule has 0 fully saturated rings. The van der Waals surface area contributed by atoms with Crippen molar-refractivity contribution in [2.24, 2.45) is 5.10 Å². The van der Waals surface area contributed by atoms with Gasteiger partial charge in [0.25, 0.3) is 5.91 Å². The minimum absolute atomic E-state index is 0.285. The Hall–Kier alpha value is -3.73. The van der Waals surface area contributed by atoms with Crippen LogP contribution in [-0.2, 0) is 6.42 Å². The van der Waals surface area contributed by atoms with Crippen molar-refractivity contribution in [3.8, 4) is 11.3 Å². The third-order valence-electron chi connectivity index (χ3n) is 4.67. The van der Waals surface area contributed by atoms with Crippen molar-refractivity contribution >= 4 is 23.0 Å². The van der Waals surface area contributed by atoms with E-state index in [4.69, 9.17) is 9.40 Å². The van der Waals surface area contributed by atoms with Crippen molar-refractivity contribution < 1.29 is 9.21 Å². The Morgan fingerprint density at radius 3 is 2.72 bits per heavy atom. The number of nitrogens with one attached hydrogen (secondary N) is 1. The van der Waals surface area contributed by atoms with E-state index >= 15 is 0 Å². The van der Waals surface area contributed by atoms with Crippen LogP contribution < -0.4 is 5.43 Å². The van der Waals surface area contributed by atoms with Gasteiger partial charge in [0.2, 0.25) is 0 Å². The topological polar surface area (TPSA) is 67.5 Å². The maximum atomic E-state index is 12.8. The second-order valence-corrected chi connectivity index (χ2v) is 6.77. The average Bonchev–Trinajstić information content (AvgIpc) is 3.27. The molecule has 0 radical (unpaired) electrons. The Morgan fingerprint density at radius 2 is 1.97 bits per heavy atom. The van der Waals surface area contributed by atoms with Crippen LogP contribution in [0.15, 0.2) is 82.7 Å². The van der Waals surface area contributed by atoms with Gasteiger partial charge >= 0.3 is 0 Å². The average molecular weight is 383 g/mol. The normalized spacial score (nSPS) is 11.2. The lowest BCUT2D eigenvalue weighted by Crippen LogP contribution is -2.18. The number of nitrogens with zero attached hydrogens (tertiary/aromatic N) is 2. The highest BCUT2D eigenvalue weighted by atomic mass is 16.3. The third-order valence-corrected chi connectivity index (χ3v) is 4.67. The summed E-state index contributed by atoms with van der Waals surface area (Å²) in [5.74, 6) is -0.285. The summed E-state index contributed by atoms with van der Waals surface area (Å²) in [6.45, 7) is 2.17. The molecule has 0 unspecified atom stereocenters. The molecule has 0 aliphatic heterocycles. The van der Waals surface area contributed by atoms with E-state index < -0.39 is 0 Å². The molecule has 0 bridgehead atoms. The molecule has 5 heteroatoms. The first-order valence-electron chi connectivity index (χ1n) is 9.59. The summed E-state index contributed by atoms with van der Waals surface area (Å²) in [6, 6.07) is 19.5. The Kier molecular flexibility index (Phi) is 5.47. The number of hydrazone groups is 1. The molecule has 29 heavy (non-hydrogen) atoms. The standard InChI is InChI=1S/C24H21N3O2/c1-2-5-17-8-10-19(11-9-17)23-14-21(20-6-3-4-7-22(20)26-23)24(28)27-25-15-18-12-13-29-16-18/h3-4,6-16H,2,5H2,1H3,(H,27,28). The first-order valence-corrected chi connectivity index (χ1v) is 9.59. The number of hydrogen-bond acceptors (Lipinski definition) is 4. The second kappa shape index (κ2) is 8.52. The predicted octanol–water partition coefficient (Wildman–Crippen LogP) is 5.21. The van der Waals surface area contributed by atoms with Crippen molar-refractivity contribution in [1.29, 1.82) is 0 Å². The molecule has 1 N–H and O–H groups in total. The molecule has 2 aromatic heterocycles. The Balaban J connectivity index is 1.67. The number of fused-ring (bicyclic) bond motifs is 1. The van der Waals surface area contributed by atoms with E-state index in [1.165, 1.54) is 11.8 Å². The van der Waals surface area contributed by atoms with E-state index in [9.17, 15) is 4.79 Å². The maximum absolute atomic E-state index is 12.8. The molecule has 0 atom stereocenters. The summed E-state index contributed by atoms with van der Waals surface area (Å²) in [5, 5.41) is 4.81. The second-order valence-electron chi connectivity index (χ2n) is 6.77. The molecule has 0 aliphatic carbocycles. The van der Waals surface area contributed by atoms with E-state index in [1.54, 1.807) is 18.6 Å². The lowest BCUT2D eigenvalue weighted by molar-refractivity contribution is 0.0956. The molecular formula is C24H21N3O2. The highest BCUT2D eigenvalue weighted by Crippen LogP contribution is 2.25. The number of aryl methyl sites for hydroxylation is 1. The molecule has 144 valence electrons. The number of pyridine rings is 1. The molecule has 4 rings (SSSR count). The minimum Gasteiger partial charge on any atom is -0.472 e. The zero-order valence-electron chi connectivity index (χ0n) is 16.1. The SMILES string of the molecule is CCCc1ccc(-c2cc(C(=O)NN=Cc3ccoc3)c3ccccc3n2)cc1. The summed E-state index contributed by atoms with van der Waals surface area (Å²) in [4.78, 5) is 17.6. The van der Waals surface area contributed by atoms with Crippen LogP contribution >= 0.6 is 0 Å². The largest absolute Gasteiger partial charge is 0.472 e. The van der Waals surface area contributed by atoms with Crippen LogP contribution in [0, 0.1) is 0 Å². The van der Waals surface area contributed by atoms with Gasteiger partial charge in [0.15, 0.2) is 0 Å². The van der Waals surface area contributed by atoms with Gasteiger partial charge in [-0.3, -0.25) is 4.79 Å². The smallest absolute Gasteiger partial charge is 0.272 e. The Morgan fingerprint density at radius 1 is 1.14 bits per heavy atom. The molecule has 5 nitrogen and oxygen atoms in total. The van der Waals surface area contributed by atoms with Gasteiger partial charge in [0.05, 0.1) is 35.5 Å². The third kappa shape index (κ3) is 4.24. The predicted molar refractivity (Wildman–Crippen MR) is 115 cm³/mol. The Labute approximate surface area is 169 Å². The summed E-state index contributed by atoms with van der Waals surface area (Å²) < 4.78 is 4.99. The summed E-state index contributed by atoms with van der Waals surface area (Å²) in [6.07, 6.45) is 6.80. The van der Waals surface area contributed by atoms with Gasteiger partial charge in [-0.2, -0.15) is 5.10 Å². The van der Waals surface area contributed by atoms with Crippen LogP contribution in [0.25, 0.3) is 22.2 Å². The fraction of sp³-hybridized carbons (Fsp3) is 0.125. The number of carbonyl (C=O) groups excluding carboxylic acids is 1. The van der Waals surface area contributed by atoms with E-state index in [2.05, 4.69) is 41.7 Å². The molecule has 0 saturated heterocycles. The van der Waals surface area contributed by atoms with Crippen LogP contribution in [0.1, 0.15) is 34.8 Å². The molecule has 2 aromatic carbocycles. The first kappa shape index (κ1) is 18.6. The molecule has 0 spiro atoms. The van der Waals surface area contributed by atoms with Gasteiger partial charge in [0.1, 0.15) is 0 Å². The van der Waals surface area contributed by atoms with E-state index in [0.29, 0.717) is 5.56 Å². The molecule has 0 aliphatic rings. The highest BCUT2D eigenvalue weighted by Gasteiger charge is 2.13. The van der Waals surface area contributed by atoms with Gasteiger partial charge in [-0.05, 0) is 30.2 Å². The van der Waals surface area contributed by atoms with Gasteiger partial charge < -0.3 is 4.42 Å². The zero-order chi connectivity index (χ0) is 20.1. The van der Waals surface area contributed by atoms with Crippen molar-refractivity contribution in [2.75, 3.05) is 0 Å². The number of rotatable bonds is 6. The van der Waals surface area contributed by atoms with Crippen molar-refractivity contribution in [1.82, 2.24) is 10.4 Å². The number of para-hydroxylation sites is 1. The van der Waals surface area contributed by atoms with Crippen molar-refractivity contribution in [3.05, 3.63) is 89.9 Å². The molecule has 1 amide bonds. The quantitative estimate of drug-likeness (QED) is 0.367. The zero-order valence-corrected chi connectivity index (χ0v) is 16.1. The van der Waals surface area contributed by atoms with E-state index in [0.717, 1.165) is 40.6 Å². The van der Waals surface area contributed by atoms with Gasteiger partial charge in [-0.15, -0.1) is 0 Å². The van der Waals surface area contributed by atoms with E-state index in [1.807, 2.05) is 30.3 Å². The van der Waals surface area contributed by atoms with E-state index in [-0.39, 0.29) is 5.91 Å². The summed E-state index contributed by atoms with van der Waals surface area (Å²) >= 11 is 0. The molecule has 0 saturated carbocycles. The lowest BCUT2D eigenvalue weighted by Gasteiger charge is -2.09. The highest BCUT2D eigenvalue weighted by molar-refractivity contribution is 6.07. The monoisotopic (exact) mass is 383 g/mol. The fourth-order valence-corrected chi connectivity index (χ4v) is 3.22. The van der Waals surface area contributed by atoms with Gasteiger partial charge in [-0.25, -0.2) is 10.4 Å². The minimum atomic E-state index is -0.285. The number of aromatic nitrogens is 1.